The molecular weight excluding hydrogens is 399 g/mol. The van der Waals surface area contributed by atoms with Gasteiger partial charge in [0.2, 0.25) is 0 Å². The van der Waals surface area contributed by atoms with Crippen LogP contribution in [-0.2, 0) is 0 Å². The first-order chi connectivity index (χ1) is 15.0. The molecule has 1 amide bonds. The zero-order chi connectivity index (χ0) is 21.8. The van der Waals surface area contributed by atoms with Crippen LogP contribution in [0.25, 0.3) is 11.5 Å². The molecule has 31 heavy (non-hydrogen) atoms. The first-order valence-corrected chi connectivity index (χ1v) is 9.57. The van der Waals surface area contributed by atoms with Gasteiger partial charge < -0.3 is 14.6 Å². The van der Waals surface area contributed by atoms with Crippen LogP contribution >= 0.6 is 0 Å². The molecule has 9 heteroatoms. The van der Waals surface area contributed by atoms with Gasteiger partial charge in [-0.15, -0.1) is 10.2 Å². The molecule has 0 saturated carbocycles. The normalized spacial score (nSPS) is 10.8. The number of carbonyl (C=O) groups is 1. The van der Waals surface area contributed by atoms with Gasteiger partial charge in [-0.1, -0.05) is 6.07 Å². The summed E-state index contributed by atoms with van der Waals surface area (Å²) in [4.78, 5) is 21.1. The van der Waals surface area contributed by atoms with Gasteiger partial charge in [0.1, 0.15) is 35.2 Å². The van der Waals surface area contributed by atoms with E-state index in [1.54, 1.807) is 49.1 Å². The highest BCUT2D eigenvalue weighted by atomic mass is 19.1. The Balaban J connectivity index is 1.56. The summed E-state index contributed by atoms with van der Waals surface area (Å²) in [7, 11) is 0. The summed E-state index contributed by atoms with van der Waals surface area (Å²) in [6.45, 7) is 4.00. The van der Waals surface area contributed by atoms with Gasteiger partial charge in [0, 0.05) is 18.4 Å². The zero-order valence-corrected chi connectivity index (χ0v) is 16.9. The summed E-state index contributed by atoms with van der Waals surface area (Å²) in [5.41, 5.74) is 0.378. The Morgan fingerprint density at radius 2 is 1.90 bits per heavy atom. The predicted octanol–water partition coefficient (Wildman–Crippen LogP) is 4.50. The highest BCUT2D eigenvalue weighted by Gasteiger charge is 2.16. The number of ether oxygens (including phenoxy) is 1. The van der Waals surface area contributed by atoms with E-state index in [4.69, 9.17) is 4.74 Å². The number of carbonyl (C=O) groups excluding carboxylic acids is 1. The molecule has 1 aromatic carbocycles. The fourth-order valence-electron chi connectivity index (χ4n) is 2.90. The van der Waals surface area contributed by atoms with Gasteiger partial charge in [-0.2, -0.15) is 0 Å². The molecule has 0 aliphatic carbocycles. The molecule has 0 bridgehead atoms. The van der Waals surface area contributed by atoms with Gasteiger partial charge in [0.15, 0.2) is 5.82 Å². The Kier molecular flexibility index (Phi) is 5.65. The minimum absolute atomic E-state index is 0.141. The minimum atomic E-state index is -0.671. The molecular formula is C22H19FN6O2. The fraction of sp³-hybridized carbons (Fsp3) is 0.136. The third-order valence-electron chi connectivity index (χ3n) is 4.42. The van der Waals surface area contributed by atoms with Crippen LogP contribution in [0.2, 0.25) is 0 Å². The van der Waals surface area contributed by atoms with Crippen molar-refractivity contribution in [2.24, 2.45) is 0 Å². The third-order valence-corrected chi connectivity index (χ3v) is 4.42. The standard InChI is InChI=1S/C22H19FN6O2/c1-14(2)29-13-25-28-21(29)19-4-3-5-20(26-19)27-22(30)17-12-16(6-7-18(17)23)31-15-8-10-24-11-9-15/h3-14H,1-2H3,(H,26,27,30). The minimum Gasteiger partial charge on any atom is -0.457 e. The Bertz CT molecular complexity index is 1210. The summed E-state index contributed by atoms with van der Waals surface area (Å²) in [6, 6.07) is 12.5. The van der Waals surface area contributed by atoms with Crippen molar-refractivity contribution in [2.45, 2.75) is 19.9 Å². The average Bonchev–Trinajstić information content (AvgIpc) is 3.26. The lowest BCUT2D eigenvalue weighted by molar-refractivity contribution is 0.102. The zero-order valence-electron chi connectivity index (χ0n) is 16.9. The smallest absolute Gasteiger partial charge is 0.259 e. The molecule has 0 spiro atoms. The predicted molar refractivity (Wildman–Crippen MR) is 112 cm³/mol. The highest BCUT2D eigenvalue weighted by molar-refractivity contribution is 6.04. The van der Waals surface area contributed by atoms with Crippen molar-refractivity contribution < 1.29 is 13.9 Å². The molecule has 3 heterocycles. The number of nitrogens with one attached hydrogen (secondary N) is 1. The maximum Gasteiger partial charge on any atom is 0.259 e. The van der Waals surface area contributed by atoms with Crippen LogP contribution in [0.4, 0.5) is 10.2 Å². The number of amides is 1. The van der Waals surface area contributed by atoms with E-state index in [1.807, 2.05) is 18.4 Å². The quantitative estimate of drug-likeness (QED) is 0.495. The van der Waals surface area contributed by atoms with E-state index in [-0.39, 0.29) is 17.4 Å². The van der Waals surface area contributed by atoms with Gasteiger partial charge in [-0.05, 0) is 56.3 Å². The number of hydrogen-bond donors (Lipinski definition) is 1. The van der Waals surface area contributed by atoms with E-state index < -0.39 is 11.7 Å². The second-order valence-electron chi connectivity index (χ2n) is 6.94. The molecule has 8 nitrogen and oxygen atoms in total. The molecule has 0 unspecified atom stereocenters. The van der Waals surface area contributed by atoms with Gasteiger partial charge in [-0.3, -0.25) is 9.78 Å². The molecule has 1 N–H and O–H groups in total. The largest absolute Gasteiger partial charge is 0.457 e. The second-order valence-corrected chi connectivity index (χ2v) is 6.94. The van der Waals surface area contributed by atoms with Crippen molar-refractivity contribution in [2.75, 3.05) is 5.32 Å². The molecule has 0 atom stereocenters. The molecule has 3 aromatic heterocycles. The molecule has 156 valence electrons. The van der Waals surface area contributed by atoms with Crippen molar-refractivity contribution in [3.63, 3.8) is 0 Å². The Morgan fingerprint density at radius 3 is 2.68 bits per heavy atom. The maximum absolute atomic E-state index is 14.3. The Labute approximate surface area is 177 Å². The number of aromatic nitrogens is 5. The number of anilines is 1. The molecule has 4 aromatic rings. The van der Waals surface area contributed by atoms with E-state index in [2.05, 4.69) is 25.5 Å². The first kappa shape index (κ1) is 20.1. The summed E-state index contributed by atoms with van der Waals surface area (Å²) >= 11 is 0. The van der Waals surface area contributed by atoms with Gasteiger partial charge in [0.05, 0.1) is 5.56 Å². The number of halogens is 1. The molecule has 0 aliphatic heterocycles. The van der Waals surface area contributed by atoms with Gasteiger partial charge >= 0.3 is 0 Å². The maximum atomic E-state index is 14.3. The molecule has 0 saturated heterocycles. The first-order valence-electron chi connectivity index (χ1n) is 9.57. The lowest BCUT2D eigenvalue weighted by Gasteiger charge is -2.11. The number of rotatable bonds is 6. The van der Waals surface area contributed by atoms with Crippen LogP contribution in [0, 0.1) is 5.82 Å². The number of hydrogen-bond acceptors (Lipinski definition) is 6. The van der Waals surface area contributed by atoms with Crippen LogP contribution in [0.5, 0.6) is 11.5 Å². The SMILES string of the molecule is CC(C)n1cnnc1-c1cccc(NC(=O)c2cc(Oc3ccncc3)ccc2F)n1. The van der Waals surface area contributed by atoms with E-state index in [1.165, 1.54) is 18.2 Å². The Hall–Kier alpha value is -4.14. The Morgan fingerprint density at radius 1 is 1.10 bits per heavy atom. The molecule has 4 rings (SSSR count). The van der Waals surface area contributed by atoms with Crippen molar-refractivity contribution in [3.8, 4) is 23.0 Å². The van der Waals surface area contributed by atoms with Gasteiger partial charge in [-0.25, -0.2) is 9.37 Å². The van der Waals surface area contributed by atoms with E-state index in [0.717, 1.165) is 0 Å². The summed E-state index contributed by atoms with van der Waals surface area (Å²) in [5, 5.41) is 10.7. The summed E-state index contributed by atoms with van der Waals surface area (Å²) < 4.78 is 21.9. The molecule has 0 aliphatic rings. The average molecular weight is 418 g/mol. The van der Waals surface area contributed by atoms with Crippen molar-refractivity contribution in [1.82, 2.24) is 24.7 Å². The molecule has 0 fully saturated rings. The number of pyridine rings is 2. The van der Waals surface area contributed by atoms with Crippen LogP contribution in [0.1, 0.15) is 30.2 Å². The monoisotopic (exact) mass is 418 g/mol. The fourth-order valence-corrected chi connectivity index (χ4v) is 2.90. The van der Waals surface area contributed by atoms with Crippen LogP contribution in [-0.4, -0.2) is 30.6 Å². The summed E-state index contributed by atoms with van der Waals surface area (Å²) in [5.74, 6) is 0.370. The van der Waals surface area contributed by atoms with E-state index in [0.29, 0.717) is 23.0 Å². The third kappa shape index (κ3) is 4.55. The second kappa shape index (κ2) is 8.70. The number of benzene rings is 1. The van der Waals surface area contributed by atoms with Crippen LogP contribution in [0.3, 0.4) is 0 Å². The van der Waals surface area contributed by atoms with E-state index >= 15 is 0 Å². The lowest BCUT2D eigenvalue weighted by Crippen LogP contribution is -2.15. The van der Waals surface area contributed by atoms with Gasteiger partial charge in [0.25, 0.3) is 5.91 Å². The van der Waals surface area contributed by atoms with Crippen molar-refractivity contribution >= 4 is 11.7 Å². The van der Waals surface area contributed by atoms with E-state index in [9.17, 15) is 9.18 Å². The highest BCUT2D eigenvalue weighted by Crippen LogP contribution is 2.24. The van der Waals surface area contributed by atoms with Crippen LogP contribution < -0.4 is 10.1 Å². The van der Waals surface area contributed by atoms with Crippen LogP contribution in [0.15, 0.2) is 67.3 Å². The van der Waals surface area contributed by atoms with Crippen molar-refractivity contribution in [1.29, 1.82) is 0 Å². The topological polar surface area (TPSA) is 94.8 Å². The molecule has 0 radical (unpaired) electrons. The summed E-state index contributed by atoms with van der Waals surface area (Å²) in [6.07, 6.45) is 4.77. The van der Waals surface area contributed by atoms with Crippen molar-refractivity contribution in [3.05, 3.63) is 78.6 Å². The lowest BCUT2D eigenvalue weighted by atomic mass is 10.2. The number of nitrogens with zero attached hydrogens (tertiary/aromatic N) is 5.